The monoisotopic (exact) mass is 467 g/mol. The lowest BCUT2D eigenvalue weighted by Gasteiger charge is -2.55. The minimum Gasteiger partial charge on any atom is -0.366 e. The molecular formula is C22H28F3N5O3. The van der Waals surface area contributed by atoms with Gasteiger partial charge in [0.05, 0.1) is 24.0 Å². The van der Waals surface area contributed by atoms with Gasteiger partial charge in [-0.25, -0.2) is 9.78 Å². The Morgan fingerprint density at radius 3 is 2.58 bits per heavy atom. The number of aromatic nitrogens is 2. The van der Waals surface area contributed by atoms with E-state index in [4.69, 9.17) is 4.74 Å². The standard InChI is InChI=1S/C22H28F3N5O3/c23-22(24,25)18-9-26-15(8-27-18)7-14-1-4-21(5-2-14)12-30(13-21)20(32)29-6-3-17-16(10-29)28-19(31)11-33-17/h8-9,14,16-17H,1-7,10-13H2,(H,28,31)/t16-,17+/m1/s1. The van der Waals surface area contributed by atoms with Gasteiger partial charge >= 0.3 is 12.2 Å². The van der Waals surface area contributed by atoms with Gasteiger partial charge in [-0.2, -0.15) is 13.2 Å². The van der Waals surface area contributed by atoms with Gasteiger partial charge in [-0.1, -0.05) is 0 Å². The van der Waals surface area contributed by atoms with Crippen LogP contribution in [-0.2, 0) is 22.1 Å². The number of carbonyl (C=O) groups is 2. The van der Waals surface area contributed by atoms with Crippen molar-refractivity contribution in [2.45, 2.75) is 56.8 Å². The van der Waals surface area contributed by atoms with Gasteiger partial charge in [0.2, 0.25) is 5.91 Å². The van der Waals surface area contributed by atoms with Crippen molar-refractivity contribution in [3.8, 4) is 0 Å². The van der Waals surface area contributed by atoms with Crippen LogP contribution in [0, 0.1) is 11.3 Å². The predicted octanol–water partition coefficient (Wildman–Crippen LogP) is 2.24. The minimum absolute atomic E-state index is 0.0147. The highest BCUT2D eigenvalue weighted by Gasteiger charge is 2.48. The Balaban J connectivity index is 1.08. The molecule has 0 bridgehead atoms. The molecule has 3 amide bonds. The van der Waals surface area contributed by atoms with Crippen LogP contribution in [0.25, 0.3) is 0 Å². The molecule has 4 aliphatic rings. The fourth-order valence-electron chi connectivity index (χ4n) is 5.68. The molecule has 4 fully saturated rings. The van der Waals surface area contributed by atoms with Crippen LogP contribution in [0.1, 0.15) is 43.5 Å². The number of amides is 3. The summed E-state index contributed by atoms with van der Waals surface area (Å²) >= 11 is 0. The molecule has 0 unspecified atom stereocenters. The van der Waals surface area contributed by atoms with E-state index >= 15 is 0 Å². The number of rotatable bonds is 2. The number of piperidine rings is 1. The summed E-state index contributed by atoms with van der Waals surface area (Å²) in [6.45, 7) is 2.69. The summed E-state index contributed by atoms with van der Waals surface area (Å²) in [5.74, 6) is 0.243. The van der Waals surface area contributed by atoms with Gasteiger partial charge in [0, 0.05) is 37.8 Å². The maximum atomic E-state index is 13.0. The number of urea groups is 1. The number of halogens is 3. The van der Waals surface area contributed by atoms with Gasteiger partial charge in [0.25, 0.3) is 0 Å². The Morgan fingerprint density at radius 1 is 1.15 bits per heavy atom. The van der Waals surface area contributed by atoms with Crippen molar-refractivity contribution in [3.63, 3.8) is 0 Å². The number of carbonyl (C=O) groups excluding carboxylic acids is 2. The second kappa shape index (κ2) is 8.41. The number of hydrogen-bond donors (Lipinski definition) is 1. The normalized spacial score (nSPS) is 27.7. The van der Waals surface area contributed by atoms with Gasteiger partial charge < -0.3 is 19.9 Å². The number of nitrogens with zero attached hydrogens (tertiary/aromatic N) is 4. The van der Waals surface area contributed by atoms with Gasteiger partial charge in [-0.3, -0.25) is 9.78 Å². The van der Waals surface area contributed by atoms with Gasteiger partial charge in [-0.05, 0) is 44.4 Å². The first kappa shape index (κ1) is 22.4. The van der Waals surface area contributed by atoms with Crippen molar-refractivity contribution in [1.29, 1.82) is 0 Å². The van der Waals surface area contributed by atoms with E-state index in [1.54, 1.807) is 0 Å². The molecule has 3 aliphatic heterocycles. The Labute approximate surface area is 189 Å². The summed E-state index contributed by atoms with van der Waals surface area (Å²) in [5.41, 5.74) is -0.217. The van der Waals surface area contributed by atoms with Gasteiger partial charge in [0.1, 0.15) is 6.61 Å². The van der Waals surface area contributed by atoms with E-state index in [2.05, 4.69) is 15.3 Å². The van der Waals surface area contributed by atoms with E-state index in [9.17, 15) is 22.8 Å². The first-order chi connectivity index (χ1) is 15.7. The number of ether oxygens (including phenoxy) is 1. The molecular weight excluding hydrogens is 439 g/mol. The average Bonchev–Trinajstić information content (AvgIpc) is 2.77. The van der Waals surface area contributed by atoms with Crippen LogP contribution in [-0.4, -0.2) is 76.6 Å². The lowest BCUT2D eigenvalue weighted by atomic mass is 9.65. The van der Waals surface area contributed by atoms with Gasteiger partial charge in [-0.15, -0.1) is 0 Å². The molecule has 33 heavy (non-hydrogen) atoms. The molecule has 1 aromatic heterocycles. The molecule has 8 nitrogen and oxygen atoms in total. The molecule has 3 saturated heterocycles. The minimum atomic E-state index is -4.47. The zero-order valence-electron chi connectivity index (χ0n) is 18.3. The second-order valence-electron chi connectivity index (χ2n) is 9.94. The van der Waals surface area contributed by atoms with Crippen LogP contribution >= 0.6 is 0 Å². The van der Waals surface area contributed by atoms with Crippen molar-refractivity contribution in [3.05, 3.63) is 23.8 Å². The highest BCUT2D eigenvalue weighted by Crippen LogP contribution is 2.46. The molecule has 180 valence electrons. The maximum absolute atomic E-state index is 13.0. The maximum Gasteiger partial charge on any atom is 0.434 e. The number of fused-ring (bicyclic) bond motifs is 1. The van der Waals surface area contributed by atoms with Crippen molar-refractivity contribution in [2.75, 3.05) is 32.8 Å². The summed E-state index contributed by atoms with van der Waals surface area (Å²) in [6, 6.07) is -0.107. The Kier molecular flexibility index (Phi) is 5.70. The van der Waals surface area contributed by atoms with E-state index in [1.807, 2.05) is 9.80 Å². The second-order valence-corrected chi connectivity index (χ2v) is 9.94. The number of likely N-dealkylation sites (tertiary alicyclic amines) is 2. The van der Waals surface area contributed by atoms with E-state index < -0.39 is 11.9 Å². The molecule has 1 aromatic rings. The molecule has 11 heteroatoms. The highest BCUT2D eigenvalue weighted by molar-refractivity contribution is 5.79. The van der Waals surface area contributed by atoms with Crippen molar-refractivity contribution in [1.82, 2.24) is 25.1 Å². The zero-order valence-corrected chi connectivity index (χ0v) is 18.3. The molecule has 1 N–H and O–H groups in total. The third-order valence-electron chi connectivity index (χ3n) is 7.58. The van der Waals surface area contributed by atoms with Crippen molar-refractivity contribution in [2.24, 2.45) is 11.3 Å². The lowest BCUT2D eigenvalue weighted by molar-refractivity contribution is -0.141. The van der Waals surface area contributed by atoms with Crippen LogP contribution in [0.2, 0.25) is 0 Å². The van der Waals surface area contributed by atoms with Crippen LogP contribution < -0.4 is 5.32 Å². The zero-order chi connectivity index (χ0) is 23.2. The first-order valence-corrected chi connectivity index (χ1v) is 11.5. The van der Waals surface area contributed by atoms with E-state index in [1.165, 1.54) is 6.20 Å². The Morgan fingerprint density at radius 2 is 1.91 bits per heavy atom. The largest absolute Gasteiger partial charge is 0.434 e. The molecule has 0 radical (unpaired) electrons. The summed E-state index contributed by atoms with van der Waals surface area (Å²) < 4.78 is 43.5. The lowest BCUT2D eigenvalue weighted by Crippen LogP contribution is -2.66. The van der Waals surface area contributed by atoms with Crippen LogP contribution in [0.5, 0.6) is 0 Å². The first-order valence-electron chi connectivity index (χ1n) is 11.5. The number of morpholine rings is 1. The molecule has 2 atom stereocenters. The molecule has 0 aromatic carbocycles. The summed E-state index contributed by atoms with van der Waals surface area (Å²) in [5, 5.41) is 2.93. The molecule has 1 saturated carbocycles. The average molecular weight is 467 g/mol. The molecule has 4 heterocycles. The van der Waals surface area contributed by atoms with Crippen LogP contribution in [0.15, 0.2) is 12.4 Å². The number of hydrogen-bond acceptors (Lipinski definition) is 5. The SMILES string of the molecule is O=C1CO[C@H]2CCN(C(=O)N3CC4(CCC(Cc5cnc(C(F)(F)F)cn5)CC4)C3)C[C@H]2N1. The summed E-state index contributed by atoms with van der Waals surface area (Å²) in [6.07, 6.45) is 2.88. The third-order valence-corrected chi connectivity index (χ3v) is 7.58. The summed E-state index contributed by atoms with van der Waals surface area (Å²) in [4.78, 5) is 35.7. The van der Waals surface area contributed by atoms with E-state index in [0.29, 0.717) is 31.1 Å². The summed E-state index contributed by atoms with van der Waals surface area (Å²) in [7, 11) is 0. The molecule has 1 aliphatic carbocycles. The molecule has 5 rings (SSSR count). The van der Waals surface area contributed by atoms with E-state index in [-0.39, 0.29) is 36.1 Å². The Hall–Kier alpha value is -2.43. The topological polar surface area (TPSA) is 87.7 Å². The smallest absolute Gasteiger partial charge is 0.366 e. The molecule has 1 spiro atoms. The van der Waals surface area contributed by atoms with Gasteiger partial charge in [0.15, 0.2) is 5.69 Å². The number of alkyl halides is 3. The van der Waals surface area contributed by atoms with Crippen LogP contribution in [0.4, 0.5) is 18.0 Å². The quantitative estimate of drug-likeness (QED) is 0.721. The Bertz CT molecular complexity index is 894. The van der Waals surface area contributed by atoms with E-state index in [0.717, 1.165) is 51.4 Å². The van der Waals surface area contributed by atoms with Crippen LogP contribution in [0.3, 0.4) is 0 Å². The number of nitrogens with one attached hydrogen (secondary N) is 1. The fraction of sp³-hybridized carbons (Fsp3) is 0.727. The third kappa shape index (κ3) is 4.64. The highest BCUT2D eigenvalue weighted by atomic mass is 19.4. The predicted molar refractivity (Wildman–Crippen MR) is 110 cm³/mol. The van der Waals surface area contributed by atoms with Crippen molar-refractivity contribution < 1.29 is 27.5 Å². The van der Waals surface area contributed by atoms with Crippen molar-refractivity contribution >= 4 is 11.9 Å². The fourth-order valence-corrected chi connectivity index (χ4v) is 5.68.